The van der Waals surface area contributed by atoms with Crippen molar-refractivity contribution >= 4 is 23.6 Å². The molecule has 0 aliphatic carbocycles. The maximum atomic E-state index is 12.7. The van der Waals surface area contributed by atoms with Crippen molar-refractivity contribution in [3.05, 3.63) is 66.2 Å². The van der Waals surface area contributed by atoms with Crippen molar-refractivity contribution in [3.63, 3.8) is 0 Å². The fourth-order valence-corrected chi connectivity index (χ4v) is 4.73. The molecule has 2 aromatic carbocycles. The highest BCUT2D eigenvalue weighted by Crippen LogP contribution is 2.25. The van der Waals surface area contributed by atoms with Gasteiger partial charge in [0.1, 0.15) is 5.75 Å². The predicted octanol–water partition coefficient (Wildman–Crippen LogP) is 4.05. The lowest BCUT2D eigenvalue weighted by Gasteiger charge is -2.41. The van der Waals surface area contributed by atoms with Crippen molar-refractivity contribution in [1.29, 1.82) is 0 Å². The SMILES string of the molecule is COc1ccc(NC(=O)C2CCN(C3CCN(C(=O)/C=C/c4ccccc4)CC3)CC2)cc1. The summed E-state index contributed by atoms with van der Waals surface area (Å²) in [6.07, 6.45) is 7.31. The van der Waals surface area contributed by atoms with E-state index in [-0.39, 0.29) is 17.7 Å². The van der Waals surface area contributed by atoms with Gasteiger partial charge in [0.25, 0.3) is 0 Å². The molecular formula is C27H33N3O3. The number of nitrogens with zero attached hydrogens (tertiary/aromatic N) is 2. The maximum absolute atomic E-state index is 12.7. The summed E-state index contributed by atoms with van der Waals surface area (Å²) in [4.78, 5) is 29.7. The van der Waals surface area contributed by atoms with Gasteiger partial charge in [0.15, 0.2) is 0 Å². The zero-order valence-electron chi connectivity index (χ0n) is 19.3. The van der Waals surface area contributed by atoms with Gasteiger partial charge in [0.05, 0.1) is 7.11 Å². The molecule has 0 spiro atoms. The van der Waals surface area contributed by atoms with Gasteiger partial charge in [-0.25, -0.2) is 0 Å². The standard InChI is InChI=1S/C27H33N3O3/c1-33-25-10-8-23(9-11-25)28-27(32)22-13-17-29(18-14-22)24-15-19-30(20-16-24)26(31)12-7-21-5-3-2-4-6-21/h2-12,22,24H,13-20H2,1H3,(H,28,32)/b12-7+. The van der Waals surface area contributed by atoms with Crippen molar-refractivity contribution in [2.75, 3.05) is 38.6 Å². The number of benzene rings is 2. The van der Waals surface area contributed by atoms with Crippen LogP contribution in [0.5, 0.6) is 5.75 Å². The first-order valence-corrected chi connectivity index (χ1v) is 11.8. The normalized spacial score (nSPS) is 18.4. The summed E-state index contributed by atoms with van der Waals surface area (Å²) in [6, 6.07) is 17.9. The van der Waals surface area contributed by atoms with Crippen LogP contribution >= 0.6 is 0 Å². The van der Waals surface area contributed by atoms with Crippen LogP contribution in [0.15, 0.2) is 60.7 Å². The lowest BCUT2D eigenvalue weighted by Crippen LogP contribution is -2.49. The van der Waals surface area contributed by atoms with Gasteiger partial charge in [-0.1, -0.05) is 30.3 Å². The van der Waals surface area contributed by atoms with E-state index in [0.717, 1.165) is 68.9 Å². The van der Waals surface area contributed by atoms with E-state index in [1.54, 1.807) is 13.2 Å². The topological polar surface area (TPSA) is 61.9 Å². The molecule has 2 saturated heterocycles. The summed E-state index contributed by atoms with van der Waals surface area (Å²) in [7, 11) is 1.63. The van der Waals surface area contributed by atoms with E-state index in [1.165, 1.54) is 0 Å². The van der Waals surface area contributed by atoms with Gasteiger partial charge < -0.3 is 19.9 Å². The third-order valence-corrected chi connectivity index (χ3v) is 6.77. The van der Waals surface area contributed by atoms with Crippen LogP contribution < -0.4 is 10.1 Å². The fraction of sp³-hybridized carbons (Fsp3) is 0.407. The number of rotatable bonds is 6. The number of nitrogens with one attached hydrogen (secondary N) is 1. The minimum atomic E-state index is 0.0492. The second-order valence-electron chi connectivity index (χ2n) is 8.83. The molecule has 0 bridgehead atoms. The summed E-state index contributed by atoms with van der Waals surface area (Å²) < 4.78 is 5.17. The number of likely N-dealkylation sites (tertiary alicyclic amines) is 2. The summed E-state index contributed by atoms with van der Waals surface area (Å²) >= 11 is 0. The smallest absolute Gasteiger partial charge is 0.246 e. The van der Waals surface area contributed by atoms with Crippen LogP contribution in [0.2, 0.25) is 0 Å². The number of carbonyl (C=O) groups is 2. The molecule has 2 aromatic rings. The zero-order chi connectivity index (χ0) is 23.0. The average molecular weight is 448 g/mol. The molecule has 2 heterocycles. The highest BCUT2D eigenvalue weighted by atomic mass is 16.5. The molecule has 2 aliphatic rings. The monoisotopic (exact) mass is 447 g/mol. The number of ether oxygens (including phenoxy) is 1. The Morgan fingerprint density at radius 3 is 2.21 bits per heavy atom. The molecule has 0 saturated carbocycles. The van der Waals surface area contributed by atoms with E-state index in [4.69, 9.17) is 4.74 Å². The second-order valence-corrected chi connectivity index (χ2v) is 8.83. The van der Waals surface area contributed by atoms with Crippen molar-refractivity contribution in [3.8, 4) is 5.75 Å². The molecule has 6 heteroatoms. The van der Waals surface area contributed by atoms with Gasteiger partial charge in [-0.3, -0.25) is 9.59 Å². The Labute approximate surface area is 196 Å². The minimum absolute atomic E-state index is 0.0492. The van der Waals surface area contributed by atoms with Crippen LogP contribution in [-0.2, 0) is 9.59 Å². The molecule has 2 fully saturated rings. The van der Waals surface area contributed by atoms with E-state index in [9.17, 15) is 9.59 Å². The van der Waals surface area contributed by atoms with Gasteiger partial charge in [-0.05, 0) is 74.7 Å². The largest absolute Gasteiger partial charge is 0.497 e. The van der Waals surface area contributed by atoms with Crippen LogP contribution in [0, 0.1) is 5.92 Å². The van der Waals surface area contributed by atoms with Crippen LogP contribution in [0.3, 0.4) is 0 Å². The van der Waals surface area contributed by atoms with Crippen LogP contribution in [0.4, 0.5) is 5.69 Å². The number of anilines is 1. The molecule has 4 rings (SSSR count). The van der Waals surface area contributed by atoms with Gasteiger partial charge >= 0.3 is 0 Å². The van der Waals surface area contributed by atoms with Crippen molar-refractivity contribution in [1.82, 2.24) is 9.80 Å². The molecule has 0 radical (unpaired) electrons. The lowest BCUT2D eigenvalue weighted by atomic mass is 9.92. The summed E-state index contributed by atoms with van der Waals surface area (Å²) in [5.41, 5.74) is 1.85. The van der Waals surface area contributed by atoms with Crippen molar-refractivity contribution in [2.24, 2.45) is 5.92 Å². The molecule has 0 aromatic heterocycles. The molecule has 0 unspecified atom stereocenters. The van der Waals surface area contributed by atoms with Gasteiger partial charge in [0.2, 0.25) is 11.8 Å². The van der Waals surface area contributed by atoms with Gasteiger partial charge in [-0.15, -0.1) is 0 Å². The third-order valence-electron chi connectivity index (χ3n) is 6.77. The molecule has 33 heavy (non-hydrogen) atoms. The van der Waals surface area contributed by atoms with E-state index in [1.807, 2.05) is 65.6 Å². The van der Waals surface area contributed by atoms with Crippen LogP contribution in [0.25, 0.3) is 6.08 Å². The van der Waals surface area contributed by atoms with E-state index < -0.39 is 0 Å². The molecular weight excluding hydrogens is 414 g/mol. The second kappa shape index (κ2) is 11.1. The first kappa shape index (κ1) is 23.1. The average Bonchev–Trinajstić information content (AvgIpc) is 2.88. The predicted molar refractivity (Wildman–Crippen MR) is 131 cm³/mol. The molecule has 0 atom stereocenters. The highest BCUT2D eigenvalue weighted by Gasteiger charge is 2.31. The Balaban J connectivity index is 1.19. The van der Waals surface area contributed by atoms with Gasteiger partial charge in [0, 0.05) is 36.8 Å². The first-order chi connectivity index (χ1) is 16.1. The van der Waals surface area contributed by atoms with Crippen LogP contribution in [0.1, 0.15) is 31.2 Å². The fourth-order valence-electron chi connectivity index (χ4n) is 4.73. The van der Waals surface area contributed by atoms with Crippen molar-refractivity contribution in [2.45, 2.75) is 31.7 Å². The van der Waals surface area contributed by atoms with Crippen molar-refractivity contribution < 1.29 is 14.3 Å². The Morgan fingerprint density at radius 2 is 1.58 bits per heavy atom. The highest BCUT2D eigenvalue weighted by molar-refractivity contribution is 5.93. The Hall–Kier alpha value is -3.12. The molecule has 1 N–H and O–H groups in total. The summed E-state index contributed by atoms with van der Waals surface area (Å²) in [6.45, 7) is 3.46. The molecule has 174 valence electrons. The number of hydrogen-bond acceptors (Lipinski definition) is 4. The van der Waals surface area contributed by atoms with E-state index in [0.29, 0.717) is 6.04 Å². The number of hydrogen-bond donors (Lipinski definition) is 1. The van der Waals surface area contributed by atoms with Gasteiger partial charge in [-0.2, -0.15) is 0 Å². The molecule has 2 aliphatic heterocycles. The maximum Gasteiger partial charge on any atom is 0.246 e. The third kappa shape index (κ3) is 6.23. The van der Waals surface area contributed by atoms with E-state index in [2.05, 4.69) is 10.2 Å². The summed E-state index contributed by atoms with van der Waals surface area (Å²) in [5, 5.41) is 3.04. The minimum Gasteiger partial charge on any atom is -0.497 e. The molecule has 2 amide bonds. The summed E-state index contributed by atoms with van der Waals surface area (Å²) in [5.74, 6) is 1.02. The zero-order valence-corrected chi connectivity index (χ0v) is 19.3. The number of amides is 2. The molecule has 6 nitrogen and oxygen atoms in total. The number of piperidine rings is 2. The quantitative estimate of drug-likeness (QED) is 0.679. The Bertz CT molecular complexity index is 942. The Morgan fingerprint density at radius 1 is 0.909 bits per heavy atom. The van der Waals surface area contributed by atoms with Crippen LogP contribution in [-0.4, -0.2) is 60.9 Å². The lowest BCUT2D eigenvalue weighted by molar-refractivity contribution is -0.128. The van der Waals surface area contributed by atoms with E-state index >= 15 is 0 Å². The number of carbonyl (C=O) groups excluding carboxylic acids is 2. The first-order valence-electron chi connectivity index (χ1n) is 11.8. The Kier molecular flexibility index (Phi) is 7.79. The number of methoxy groups -OCH3 is 1.